The monoisotopic (exact) mass is 272 g/mol. The van der Waals surface area contributed by atoms with Crippen molar-refractivity contribution in [3.8, 4) is 0 Å². The van der Waals surface area contributed by atoms with E-state index in [2.05, 4.69) is 10.6 Å². The number of nitrogens with two attached hydrogens (primary N) is 1. The first-order chi connectivity index (χ1) is 9.15. The maximum absolute atomic E-state index is 12.1. The van der Waals surface area contributed by atoms with Gasteiger partial charge in [0.05, 0.1) is 13.2 Å². The van der Waals surface area contributed by atoms with Gasteiger partial charge in [-0.3, -0.25) is 4.79 Å². The van der Waals surface area contributed by atoms with Crippen LogP contribution in [0.25, 0.3) is 0 Å². The van der Waals surface area contributed by atoms with E-state index in [1.54, 1.807) is 7.11 Å². The summed E-state index contributed by atoms with van der Waals surface area (Å²) in [4.78, 5) is 24.7. The van der Waals surface area contributed by atoms with Gasteiger partial charge in [0, 0.05) is 32.8 Å². The van der Waals surface area contributed by atoms with Gasteiger partial charge < -0.3 is 26.0 Å². The molecule has 0 aromatic heterocycles. The topological polar surface area (TPSA) is 96.7 Å². The molecule has 0 aliphatic carbocycles. The van der Waals surface area contributed by atoms with Gasteiger partial charge in [-0.25, -0.2) is 4.79 Å². The molecule has 0 aromatic rings. The predicted molar refractivity (Wildman–Crippen MR) is 71.7 cm³/mol. The number of methoxy groups -OCH3 is 1. The van der Waals surface area contributed by atoms with E-state index in [1.807, 2.05) is 4.90 Å². The zero-order valence-electron chi connectivity index (χ0n) is 11.5. The van der Waals surface area contributed by atoms with Crippen molar-refractivity contribution in [3.63, 3.8) is 0 Å². The number of nitrogens with one attached hydrogen (secondary N) is 2. The molecule has 1 aliphatic rings. The molecule has 7 nitrogen and oxygen atoms in total. The quantitative estimate of drug-likeness (QED) is 0.532. The van der Waals surface area contributed by atoms with Crippen molar-refractivity contribution < 1.29 is 14.3 Å². The molecule has 0 bridgehead atoms. The van der Waals surface area contributed by atoms with Crippen molar-refractivity contribution in [3.05, 3.63) is 0 Å². The molecule has 0 radical (unpaired) electrons. The van der Waals surface area contributed by atoms with Crippen LogP contribution in [0.15, 0.2) is 0 Å². The van der Waals surface area contributed by atoms with Crippen LogP contribution < -0.4 is 16.4 Å². The lowest BCUT2D eigenvalue weighted by Crippen LogP contribution is -2.52. The van der Waals surface area contributed by atoms with Crippen molar-refractivity contribution >= 4 is 11.9 Å². The van der Waals surface area contributed by atoms with Crippen molar-refractivity contribution in [2.24, 2.45) is 5.73 Å². The van der Waals surface area contributed by atoms with Crippen LogP contribution in [-0.2, 0) is 9.53 Å². The maximum Gasteiger partial charge on any atom is 0.312 e. The highest BCUT2D eigenvalue weighted by atomic mass is 16.5. The lowest BCUT2D eigenvalue weighted by atomic mass is 10.0. The van der Waals surface area contributed by atoms with Gasteiger partial charge in [0.1, 0.15) is 0 Å². The van der Waals surface area contributed by atoms with Crippen LogP contribution in [0.5, 0.6) is 0 Å². The van der Waals surface area contributed by atoms with Gasteiger partial charge in [0.2, 0.25) is 5.91 Å². The standard InChI is InChI=1S/C12H24N4O3/c1-19-7-5-14-9-11(17)16-6-3-2-4-10(16)8-15-12(13)18/h10,14H,2-9H2,1H3,(H3,13,15,18). The summed E-state index contributed by atoms with van der Waals surface area (Å²) in [5.41, 5.74) is 5.06. The first-order valence-corrected chi connectivity index (χ1v) is 6.67. The molecular formula is C12H24N4O3. The van der Waals surface area contributed by atoms with Crippen LogP contribution in [0.2, 0.25) is 0 Å². The third-order valence-electron chi connectivity index (χ3n) is 3.22. The highest BCUT2D eigenvalue weighted by Gasteiger charge is 2.26. The molecule has 1 unspecified atom stereocenters. The molecule has 110 valence electrons. The number of ether oxygens (including phenoxy) is 1. The smallest absolute Gasteiger partial charge is 0.312 e. The third-order valence-corrected chi connectivity index (χ3v) is 3.22. The Kier molecular flexibility index (Phi) is 7.20. The first kappa shape index (κ1) is 15.7. The number of likely N-dealkylation sites (tertiary alicyclic amines) is 1. The largest absolute Gasteiger partial charge is 0.383 e. The number of nitrogens with zero attached hydrogens (tertiary/aromatic N) is 1. The summed E-state index contributed by atoms with van der Waals surface area (Å²) in [6.07, 6.45) is 2.99. The number of rotatable bonds is 7. The molecule has 1 rings (SSSR count). The molecule has 1 aliphatic heterocycles. The minimum Gasteiger partial charge on any atom is -0.383 e. The zero-order chi connectivity index (χ0) is 14.1. The maximum atomic E-state index is 12.1. The highest BCUT2D eigenvalue weighted by molar-refractivity contribution is 5.79. The van der Waals surface area contributed by atoms with Gasteiger partial charge >= 0.3 is 6.03 Å². The molecule has 1 heterocycles. The van der Waals surface area contributed by atoms with Crippen molar-refractivity contribution in [2.45, 2.75) is 25.3 Å². The van der Waals surface area contributed by atoms with E-state index in [0.717, 1.165) is 25.8 Å². The molecule has 0 aromatic carbocycles. The summed E-state index contributed by atoms with van der Waals surface area (Å²) in [6, 6.07) is -0.492. The second-order valence-corrected chi connectivity index (χ2v) is 4.65. The van der Waals surface area contributed by atoms with E-state index in [0.29, 0.717) is 26.2 Å². The van der Waals surface area contributed by atoms with Crippen molar-refractivity contribution in [2.75, 3.05) is 39.9 Å². The minimum atomic E-state index is -0.545. The fraction of sp³-hybridized carbons (Fsp3) is 0.833. The van der Waals surface area contributed by atoms with Crippen LogP contribution >= 0.6 is 0 Å². The Labute approximate surface area is 113 Å². The Balaban J connectivity index is 2.37. The van der Waals surface area contributed by atoms with E-state index < -0.39 is 6.03 Å². The summed E-state index contributed by atoms with van der Waals surface area (Å²) in [5.74, 6) is 0.0621. The summed E-state index contributed by atoms with van der Waals surface area (Å²) in [5, 5.41) is 5.62. The minimum absolute atomic E-state index is 0.0537. The van der Waals surface area contributed by atoms with Crippen LogP contribution in [0.3, 0.4) is 0 Å². The van der Waals surface area contributed by atoms with Crippen molar-refractivity contribution in [1.82, 2.24) is 15.5 Å². The summed E-state index contributed by atoms with van der Waals surface area (Å²) in [7, 11) is 1.62. The fourth-order valence-corrected chi connectivity index (χ4v) is 2.23. The van der Waals surface area contributed by atoms with E-state index in [4.69, 9.17) is 10.5 Å². The van der Waals surface area contributed by atoms with Crippen LogP contribution in [0, 0.1) is 0 Å². The molecule has 1 atom stereocenters. The Morgan fingerprint density at radius 2 is 2.21 bits per heavy atom. The number of carbonyl (C=O) groups excluding carboxylic acids is 2. The van der Waals surface area contributed by atoms with Gasteiger partial charge in [0.15, 0.2) is 0 Å². The van der Waals surface area contributed by atoms with Gasteiger partial charge in [-0.1, -0.05) is 0 Å². The summed E-state index contributed by atoms with van der Waals surface area (Å²) in [6.45, 7) is 2.71. The zero-order valence-corrected chi connectivity index (χ0v) is 11.5. The Hall–Kier alpha value is -1.34. The molecular weight excluding hydrogens is 248 g/mol. The van der Waals surface area contributed by atoms with E-state index in [9.17, 15) is 9.59 Å². The van der Waals surface area contributed by atoms with E-state index in [1.165, 1.54) is 0 Å². The van der Waals surface area contributed by atoms with E-state index in [-0.39, 0.29) is 11.9 Å². The number of hydrogen-bond acceptors (Lipinski definition) is 4. The Bertz CT molecular complexity index is 299. The molecule has 4 N–H and O–H groups in total. The number of amides is 3. The second kappa shape index (κ2) is 8.71. The van der Waals surface area contributed by atoms with Gasteiger partial charge in [-0.05, 0) is 19.3 Å². The third kappa shape index (κ3) is 5.89. The Morgan fingerprint density at radius 1 is 1.42 bits per heavy atom. The summed E-state index contributed by atoms with van der Waals surface area (Å²) < 4.78 is 4.91. The average Bonchev–Trinajstić information content (AvgIpc) is 2.41. The van der Waals surface area contributed by atoms with Gasteiger partial charge in [0.25, 0.3) is 0 Å². The van der Waals surface area contributed by atoms with Crippen LogP contribution in [-0.4, -0.2) is 62.8 Å². The van der Waals surface area contributed by atoms with Gasteiger partial charge in [-0.2, -0.15) is 0 Å². The molecule has 0 saturated carbocycles. The molecule has 7 heteroatoms. The molecule has 1 fully saturated rings. The number of urea groups is 1. The molecule has 3 amide bonds. The van der Waals surface area contributed by atoms with E-state index >= 15 is 0 Å². The Morgan fingerprint density at radius 3 is 2.89 bits per heavy atom. The van der Waals surface area contributed by atoms with Gasteiger partial charge in [-0.15, -0.1) is 0 Å². The lowest BCUT2D eigenvalue weighted by molar-refractivity contribution is -0.133. The predicted octanol–water partition coefficient (Wildman–Crippen LogP) is -0.728. The molecule has 1 saturated heterocycles. The highest BCUT2D eigenvalue weighted by Crippen LogP contribution is 2.16. The lowest BCUT2D eigenvalue weighted by Gasteiger charge is -2.35. The first-order valence-electron chi connectivity index (χ1n) is 6.67. The fourth-order valence-electron chi connectivity index (χ4n) is 2.23. The number of hydrogen-bond donors (Lipinski definition) is 3. The number of carbonyl (C=O) groups is 2. The molecule has 19 heavy (non-hydrogen) atoms. The average molecular weight is 272 g/mol. The van der Waals surface area contributed by atoms with Crippen LogP contribution in [0.1, 0.15) is 19.3 Å². The molecule has 0 spiro atoms. The SMILES string of the molecule is COCCNCC(=O)N1CCCCC1CNC(N)=O. The normalized spacial score (nSPS) is 19.2. The number of primary amides is 1. The second-order valence-electron chi connectivity index (χ2n) is 4.65. The van der Waals surface area contributed by atoms with Crippen molar-refractivity contribution in [1.29, 1.82) is 0 Å². The van der Waals surface area contributed by atoms with Crippen LogP contribution in [0.4, 0.5) is 4.79 Å². The number of piperidine rings is 1. The summed E-state index contributed by atoms with van der Waals surface area (Å²) >= 11 is 0.